The summed E-state index contributed by atoms with van der Waals surface area (Å²) >= 11 is 12.7. The Hall–Kier alpha value is -5.08. The number of carbonyl (C=O) groups is 3. The molecule has 4 amide bonds. The van der Waals surface area contributed by atoms with Crippen molar-refractivity contribution in [1.29, 1.82) is 0 Å². The maximum atomic E-state index is 13.4. The van der Waals surface area contributed by atoms with Gasteiger partial charge in [0.1, 0.15) is 6.33 Å². The number of piperidine rings is 1. The van der Waals surface area contributed by atoms with Crippen LogP contribution in [-0.4, -0.2) is 80.6 Å². The number of likely N-dealkylation sites (tertiary alicyclic amines) is 1. The molecule has 2 aromatic heterocycles. The molecule has 3 heterocycles. The van der Waals surface area contributed by atoms with E-state index in [4.69, 9.17) is 23.2 Å². The largest absolute Gasteiger partial charge is 0.453 e. The van der Waals surface area contributed by atoms with Gasteiger partial charge < -0.3 is 20.3 Å². The molecule has 0 radical (unpaired) electrons. The fourth-order valence-electron chi connectivity index (χ4n) is 5.38. The second-order valence-electron chi connectivity index (χ2n) is 10.8. The zero-order valence-corrected chi connectivity index (χ0v) is 27.1. The first-order valence-electron chi connectivity index (χ1n) is 14.7. The quantitative estimate of drug-likeness (QED) is 0.208. The second-order valence-corrected chi connectivity index (χ2v) is 11.6. The summed E-state index contributed by atoms with van der Waals surface area (Å²) in [5, 5.41) is 28.9. The molecule has 244 valence electrons. The molecule has 2 unspecified atom stereocenters. The maximum absolute atomic E-state index is 13.4. The van der Waals surface area contributed by atoms with Gasteiger partial charge in [-0.3, -0.25) is 10.1 Å². The van der Waals surface area contributed by atoms with E-state index in [0.29, 0.717) is 52.7 Å². The monoisotopic (exact) mass is 678 g/mol. The summed E-state index contributed by atoms with van der Waals surface area (Å²) in [6.07, 6.45) is 6.09. The van der Waals surface area contributed by atoms with Crippen LogP contribution in [-0.2, 0) is 9.53 Å². The minimum atomic E-state index is -0.587. The standard InChI is InChI=1S/C31H32Cl2N10O4/c1-34-30(45)42-13-3-4-19(17-42)14-25(37-28(44)12-7-21-15-22(32)8-11-27(21)43-18-35-40-41-43)26-16-24(29(33)39-38-26)20-5-9-23(10-6-20)36-31(46)47-2/h5-12,15-16,18-19,25H,3-4,13-14,17H2,1-2H3,(H,34,45)(H,36,46)(H,37,44). The van der Waals surface area contributed by atoms with Gasteiger partial charge in [-0.15, -0.1) is 10.2 Å². The lowest BCUT2D eigenvalue weighted by Crippen LogP contribution is -2.45. The van der Waals surface area contributed by atoms with Crippen LogP contribution < -0.4 is 16.0 Å². The average molecular weight is 680 g/mol. The Labute approximate surface area is 280 Å². The zero-order valence-electron chi connectivity index (χ0n) is 25.6. The SMILES string of the molecule is CNC(=O)N1CCCC(CC(NC(=O)C=Cc2cc(Cl)ccc2-n2cnnn2)c2cc(-c3ccc(NC(=O)OC)cc3)c(Cl)nn2)C1. The molecule has 3 N–H and O–H groups in total. The van der Waals surface area contributed by atoms with Crippen LogP contribution in [0, 0.1) is 5.92 Å². The minimum absolute atomic E-state index is 0.0827. The molecule has 2 atom stereocenters. The number of tetrazole rings is 1. The number of nitrogens with one attached hydrogen (secondary N) is 3. The van der Waals surface area contributed by atoms with Gasteiger partial charge in [-0.1, -0.05) is 35.3 Å². The van der Waals surface area contributed by atoms with Gasteiger partial charge in [0.25, 0.3) is 0 Å². The maximum Gasteiger partial charge on any atom is 0.411 e. The van der Waals surface area contributed by atoms with Gasteiger partial charge in [0.15, 0.2) is 5.15 Å². The van der Waals surface area contributed by atoms with Crippen LogP contribution in [0.4, 0.5) is 15.3 Å². The van der Waals surface area contributed by atoms with Crippen LogP contribution in [0.1, 0.15) is 36.6 Å². The van der Waals surface area contributed by atoms with Crippen LogP contribution >= 0.6 is 23.2 Å². The van der Waals surface area contributed by atoms with Gasteiger partial charge in [0.2, 0.25) is 5.91 Å². The first-order valence-corrected chi connectivity index (χ1v) is 15.5. The van der Waals surface area contributed by atoms with Gasteiger partial charge in [0.05, 0.1) is 24.5 Å². The Kier molecular flexibility index (Phi) is 11.0. The van der Waals surface area contributed by atoms with Crippen LogP contribution in [0.5, 0.6) is 0 Å². The first kappa shape index (κ1) is 33.3. The van der Waals surface area contributed by atoms with Gasteiger partial charge in [-0.05, 0) is 83.6 Å². The highest BCUT2D eigenvalue weighted by atomic mass is 35.5. The number of amides is 4. The van der Waals surface area contributed by atoms with Crippen molar-refractivity contribution in [3.05, 3.63) is 82.4 Å². The van der Waals surface area contributed by atoms with Crippen molar-refractivity contribution in [3.8, 4) is 16.8 Å². The summed E-state index contributed by atoms with van der Waals surface area (Å²) in [6, 6.07) is 13.2. The molecule has 0 aliphatic carbocycles. The number of aromatic nitrogens is 6. The molecule has 2 aromatic carbocycles. The van der Waals surface area contributed by atoms with E-state index in [1.807, 2.05) is 0 Å². The Morgan fingerprint density at radius 2 is 1.91 bits per heavy atom. The van der Waals surface area contributed by atoms with Gasteiger partial charge in [-0.25, -0.2) is 9.59 Å². The number of anilines is 1. The average Bonchev–Trinajstić information content (AvgIpc) is 3.62. The lowest BCUT2D eigenvalue weighted by molar-refractivity contribution is -0.117. The van der Waals surface area contributed by atoms with E-state index in [1.54, 1.807) is 66.6 Å². The fourth-order valence-corrected chi connectivity index (χ4v) is 5.76. The predicted molar refractivity (Wildman–Crippen MR) is 176 cm³/mol. The Bertz CT molecular complexity index is 1750. The summed E-state index contributed by atoms with van der Waals surface area (Å²) < 4.78 is 6.13. The van der Waals surface area contributed by atoms with E-state index in [0.717, 1.165) is 18.4 Å². The summed E-state index contributed by atoms with van der Waals surface area (Å²) in [5.41, 5.74) is 3.62. The second kappa shape index (κ2) is 15.5. The van der Waals surface area contributed by atoms with Crippen molar-refractivity contribution < 1.29 is 19.1 Å². The molecule has 5 rings (SSSR count). The van der Waals surface area contributed by atoms with Crippen molar-refractivity contribution in [3.63, 3.8) is 0 Å². The molecule has 47 heavy (non-hydrogen) atoms. The predicted octanol–water partition coefficient (Wildman–Crippen LogP) is 4.92. The lowest BCUT2D eigenvalue weighted by Gasteiger charge is -2.34. The number of nitrogens with zero attached hydrogens (tertiary/aromatic N) is 7. The highest BCUT2D eigenvalue weighted by molar-refractivity contribution is 6.32. The first-order chi connectivity index (χ1) is 22.7. The third-order valence-electron chi connectivity index (χ3n) is 7.66. The normalized spacial score (nSPS) is 15.2. The smallest absolute Gasteiger partial charge is 0.411 e. The van der Waals surface area contributed by atoms with Crippen molar-refractivity contribution in [2.24, 2.45) is 5.92 Å². The highest BCUT2D eigenvalue weighted by Gasteiger charge is 2.28. The minimum Gasteiger partial charge on any atom is -0.453 e. The van der Waals surface area contributed by atoms with Gasteiger partial charge in [0, 0.05) is 48.1 Å². The van der Waals surface area contributed by atoms with E-state index >= 15 is 0 Å². The van der Waals surface area contributed by atoms with E-state index in [9.17, 15) is 14.4 Å². The Balaban J connectivity index is 1.42. The molecule has 1 fully saturated rings. The number of methoxy groups -OCH3 is 1. The number of carbonyl (C=O) groups excluding carboxylic acids is 3. The van der Waals surface area contributed by atoms with E-state index in [2.05, 4.69) is 46.4 Å². The molecule has 4 aromatic rings. The van der Waals surface area contributed by atoms with E-state index in [1.165, 1.54) is 24.2 Å². The number of halogens is 2. The number of hydrogen-bond donors (Lipinski definition) is 3. The number of urea groups is 1. The molecule has 1 aliphatic heterocycles. The molecule has 1 aliphatic rings. The molecular weight excluding hydrogens is 647 g/mol. The van der Waals surface area contributed by atoms with Crippen molar-refractivity contribution in [2.75, 3.05) is 32.6 Å². The third-order valence-corrected chi connectivity index (χ3v) is 8.17. The Morgan fingerprint density at radius 1 is 1.11 bits per heavy atom. The topological polar surface area (TPSA) is 169 Å². The van der Waals surface area contributed by atoms with Crippen LogP contribution in [0.2, 0.25) is 10.2 Å². The van der Waals surface area contributed by atoms with Gasteiger partial charge in [-0.2, -0.15) is 9.78 Å². The summed E-state index contributed by atoms with van der Waals surface area (Å²) in [5.74, 6) is -0.299. The molecular formula is C31H32Cl2N10O4. The summed E-state index contributed by atoms with van der Waals surface area (Å²) in [7, 11) is 2.89. The van der Waals surface area contributed by atoms with Crippen molar-refractivity contribution in [2.45, 2.75) is 25.3 Å². The third kappa shape index (κ3) is 8.60. The number of benzene rings is 2. The van der Waals surface area contributed by atoms with Crippen molar-refractivity contribution >= 4 is 53.0 Å². The summed E-state index contributed by atoms with van der Waals surface area (Å²) in [4.78, 5) is 39.2. The lowest BCUT2D eigenvalue weighted by atomic mass is 9.89. The molecule has 16 heteroatoms. The molecule has 0 saturated carbocycles. The van der Waals surface area contributed by atoms with E-state index in [-0.39, 0.29) is 23.0 Å². The Morgan fingerprint density at radius 3 is 2.64 bits per heavy atom. The zero-order chi connectivity index (χ0) is 33.3. The van der Waals surface area contributed by atoms with Crippen LogP contribution in [0.25, 0.3) is 22.9 Å². The molecule has 14 nitrogen and oxygen atoms in total. The number of ether oxygens (including phenoxy) is 1. The van der Waals surface area contributed by atoms with Gasteiger partial charge >= 0.3 is 12.1 Å². The highest BCUT2D eigenvalue weighted by Crippen LogP contribution is 2.32. The van der Waals surface area contributed by atoms with Crippen LogP contribution in [0.15, 0.2) is 60.9 Å². The molecule has 1 saturated heterocycles. The van der Waals surface area contributed by atoms with E-state index < -0.39 is 12.1 Å². The van der Waals surface area contributed by atoms with Crippen molar-refractivity contribution in [1.82, 2.24) is 45.9 Å². The fraction of sp³-hybridized carbons (Fsp3) is 0.290. The number of hydrogen-bond acceptors (Lipinski definition) is 9. The molecule has 0 bridgehead atoms. The number of rotatable bonds is 9. The van der Waals surface area contributed by atoms with Crippen LogP contribution in [0.3, 0.4) is 0 Å². The summed E-state index contributed by atoms with van der Waals surface area (Å²) in [6.45, 7) is 1.19. The molecule has 0 spiro atoms.